The second-order valence-corrected chi connectivity index (χ2v) is 10.4. The normalized spacial score (nSPS) is 20.3. The van der Waals surface area contributed by atoms with Gasteiger partial charge in [-0.3, -0.25) is 0 Å². The maximum atomic E-state index is 15.2. The molecule has 2 aliphatic rings. The first-order valence-electron chi connectivity index (χ1n) is 13.8. The number of allylic oxidation sites excluding steroid dienone is 1. The van der Waals surface area contributed by atoms with Gasteiger partial charge in [0.1, 0.15) is 6.10 Å². The van der Waals surface area contributed by atoms with Gasteiger partial charge in [-0.05, 0) is 72.7 Å². The molecule has 2 atom stereocenters. The molecule has 0 amide bonds. The van der Waals surface area contributed by atoms with Crippen molar-refractivity contribution < 1.29 is 27.0 Å². The largest absolute Gasteiger partial charge is 0.473 e. The Bertz CT molecular complexity index is 1520. The van der Waals surface area contributed by atoms with E-state index < -0.39 is 18.5 Å². The van der Waals surface area contributed by atoms with Gasteiger partial charge < -0.3 is 14.8 Å². The quantitative estimate of drug-likeness (QED) is 0.194. The molecule has 41 heavy (non-hydrogen) atoms. The molecule has 0 spiro atoms. The Kier molecular flexibility index (Phi) is 7.77. The van der Waals surface area contributed by atoms with Gasteiger partial charge in [-0.2, -0.15) is 17.6 Å². The van der Waals surface area contributed by atoms with E-state index in [0.29, 0.717) is 53.2 Å². The number of ether oxygens (including phenoxy) is 2. The van der Waals surface area contributed by atoms with Crippen molar-refractivity contribution in [2.45, 2.75) is 50.6 Å². The van der Waals surface area contributed by atoms with Crippen LogP contribution in [0.3, 0.4) is 0 Å². The summed E-state index contributed by atoms with van der Waals surface area (Å²) in [7, 11) is 0. The molecule has 1 unspecified atom stereocenters. The average Bonchev–Trinajstić information content (AvgIpc) is 3.61. The van der Waals surface area contributed by atoms with Gasteiger partial charge in [0.15, 0.2) is 6.23 Å². The lowest BCUT2D eigenvalue weighted by atomic mass is 9.88. The number of fused-ring (bicyclic) bond motifs is 1. The van der Waals surface area contributed by atoms with Crippen molar-refractivity contribution >= 4 is 22.0 Å². The molecule has 2 aliphatic heterocycles. The molecule has 2 saturated heterocycles. The van der Waals surface area contributed by atoms with Crippen LogP contribution in [0.2, 0.25) is 0 Å². The highest BCUT2D eigenvalue weighted by Gasteiger charge is 2.32. The van der Waals surface area contributed by atoms with E-state index in [1.165, 1.54) is 10.9 Å². The number of pyridine rings is 1. The Morgan fingerprint density at radius 1 is 1.00 bits per heavy atom. The number of aromatic nitrogens is 3. The van der Waals surface area contributed by atoms with Crippen LogP contribution < -0.4 is 10.1 Å². The van der Waals surface area contributed by atoms with Gasteiger partial charge >= 0.3 is 6.18 Å². The minimum Gasteiger partial charge on any atom is -0.473 e. The number of benzene rings is 2. The smallest absolute Gasteiger partial charge is 0.393 e. The van der Waals surface area contributed by atoms with E-state index in [1.807, 2.05) is 0 Å². The Morgan fingerprint density at radius 3 is 2.51 bits per heavy atom. The zero-order chi connectivity index (χ0) is 28.4. The van der Waals surface area contributed by atoms with E-state index >= 15 is 4.39 Å². The van der Waals surface area contributed by atoms with Crippen LogP contribution in [0.25, 0.3) is 22.0 Å². The van der Waals surface area contributed by atoms with Crippen LogP contribution in [0, 0.1) is 5.95 Å². The monoisotopic (exact) mass is 566 g/mol. The molecule has 10 heteroatoms. The Hall–Kier alpha value is -3.76. The molecule has 2 aromatic carbocycles. The molecule has 0 aliphatic carbocycles. The first-order chi connectivity index (χ1) is 19.9. The van der Waals surface area contributed by atoms with Gasteiger partial charge in [0.25, 0.3) is 0 Å². The third-order valence-electron chi connectivity index (χ3n) is 7.51. The van der Waals surface area contributed by atoms with Gasteiger partial charge in [-0.15, -0.1) is 5.10 Å². The standard InChI is InChI=1S/C31H30F4N4O2/c32-30-24-16-21(9-11-26(24)39(38-30)28-8-4-5-15-40-28)29(25(17-31(33,34)35)20-6-2-1-3-7-20)22-10-12-27(37-18-22)41-23-13-14-36-19-23/h1-3,6-7,9-12,16,18,23,28,36H,4-5,8,13-15,17,19H2/b29-25-/t23-,28?/m1/s1. The Labute approximate surface area is 235 Å². The van der Waals surface area contributed by atoms with Gasteiger partial charge in [0.2, 0.25) is 11.8 Å². The molecule has 0 saturated carbocycles. The van der Waals surface area contributed by atoms with Crippen molar-refractivity contribution in [3.63, 3.8) is 0 Å². The van der Waals surface area contributed by atoms with Crippen LogP contribution in [0.1, 0.15) is 55.0 Å². The molecule has 4 heterocycles. The summed E-state index contributed by atoms with van der Waals surface area (Å²) in [4.78, 5) is 4.43. The number of rotatable bonds is 7. The lowest BCUT2D eigenvalue weighted by Gasteiger charge is -2.23. The average molecular weight is 567 g/mol. The molecule has 4 aromatic rings. The zero-order valence-corrected chi connectivity index (χ0v) is 22.3. The van der Waals surface area contributed by atoms with E-state index in [2.05, 4.69) is 15.4 Å². The van der Waals surface area contributed by atoms with Crippen molar-refractivity contribution in [3.8, 4) is 5.88 Å². The predicted molar refractivity (Wildman–Crippen MR) is 148 cm³/mol. The Morgan fingerprint density at radius 2 is 1.83 bits per heavy atom. The maximum Gasteiger partial charge on any atom is 0.393 e. The van der Waals surface area contributed by atoms with Crippen LogP contribution >= 0.6 is 0 Å². The summed E-state index contributed by atoms with van der Waals surface area (Å²) in [5, 5.41) is 7.55. The van der Waals surface area contributed by atoms with Crippen LogP contribution in [0.15, 0.2) is 66.9 Å². The lowest BCUT2D eigenvalue weighted by Crippen LogP contribution is -2.20. The van der Waals surface area contributed by atoms with Gasteiger partial charge in [0.05, 0.1) is 17.3 Å². The maximum absolute atomic E-state index is 15.2. The van der Waals surface area contributed by atoms with Crippen LogP contribution in [0.4, 0.5) is 17.6 Å². The molecule has 2 fully saturated rings. The molecule has 6 nitrogen and oxygen atoms in total. The van der Waals surface area contributed by atoms with Gasteiger partial charge in [-0.1, -0.05) is 36.4 Å². The fourth-order valence-corrected chi connectivity index (χ4v) is 5.58. The van der Waals surface area contributed by atoms with Gasteiger partial charge in [0, 0.05) is 31.0 Å². The van der Waals surface area contributed by atoms with Crippen molar-refractivity contribution in [1.29, 1.82) is 0 Å². The van der Waals surface area contributed by atoms with E-state index in [0.717, 1.165) is 25.8 Å². The van der Waals surface area contributed by atoms with Crippen molar-refractivity contribution in [1.82, 2.24) is 20.1 Å². The SMILES string of the molecule is Fc1nn(C2CCCCO2)c2ccc(/C(=C(\CC(F)(F)F)c3ccccc3)c3ccc(O[C@@H]4CCNC4)nc3)cc12. The van der Waals surface area contributed by atoms with Gasteiger partial charge in [-0.25, -0.2) is 9.67 Å². The second kappa shape index (κ2) is 11.6. The number of hydrogen-bond acceptors (Lipinski definition) is 5. The van der Waals surface area contributed by atoms with Crippen LogP contribution in [-0.4, -0.2) is 46.7 Å². The van der Waals surface area contributed by atoms with E-state index in [-0.39, 0.29) is 23.3 Å². The molecular formula is C31H30F4N4O2. The summed E-state index contributed by atoms with van der Waals surface area (Å²) in [6.45, 7) is 2.14. The molecule has 6 rings (SSSR count). The summed E-state index contributed by atoms with van der Waals surface area (Å²) < 4.78 is 70.6. The highest BCUT2D eigenvalue weighted by Crippen LogP contribution is 2.40. The minimum absolute atomic E-state index is 0.0106. The molecule has 2 aromatic heterocycles. The topological polar surface area (TPSA) is 61.2 Å². The fourth-order valence-electron chi connectivity index (χ4n) is 5.58. The first kappa shape index (κ1) is 27.4. The predicted octanol–water partition coefficient (Wildman–Crippen LogP) is 6.92. The molecule has 214 valence electrons. The minimum atomic E-state index is -4.49. The molecule has 0 radical (unpaired) electrons. The number of hydrogen-bond donors (Lipinski definition) is 1. The number of halogens is 4. The third-order valence-corrected chi connectivity index (χ3v) is 7.51. The van der Waals surface area contributed by atoms with E-state index in [1.54, 1.807) is 60.7 Å². The number of nitrogens with zero attached hydrogens (tertiary/aromatic N) is 3. The molecule has 1 N–H and O–H groups in total. The molecule has 0 bridgehead atoms. The number of nitrogens with one attached hydrogen (secondary N) is 1. The highest BCUT2D eigenvalue weighted by molar-refractivity contribution is 6.00. The summed E-state index contributed by atoms with van der Waals surface area (Å²) >= 11 is 0. The Balaban J connectivity index is 1.49. The van der Waals surface area contributed by atoms with Crippen LogP contribution in [0.5, 0.6) is 5.88 Å². The zero-order valence-electron chi connectivity index (χ0n) is 22.3. The van der Waals surface area contributed by atoms with Crippen molar-refractivity contribution in [2.75, 3.05) is 19.7 Å². The first-order valence-corrected chi connectivity index (χ1v) is 13.8. The lowest BCUT2D eigenvalue weighted by molar-refractivity contribution is -0.122. The van der Waals surface area contributed by atoms with E-state index in [9.17, 15) is 13.2 Å². The highest BCUT2D eigenvalue weighted by atomic mass is 19.4. The number of alkyl halides is 3. The van der Waals surface area contributed by atoms with Crippen molar-refractivity contribution in [3.05, 3.63) is 89.5 Å². The summed E-state index contributed by atoms with van der Waals surface area (Å²) in [6.07, 6.45) is -1.08. The van der Waals surface area contributed by atoms with Crippen LogP contribution in [-0.2, 0) is 4.74 Å². The molecular weight excluding hydrogens is 536 g/mol. The van der Waals surface area contributed by atoms with Crippen molar-refractivity contribution in [2.24, 2.45) is 0 Å². The van der Waals surface area contributed by atoms with E-state index in [4.69, 9.17) is 9.47 Å². The fraction of sp³-hybridized carbons (Fsp3) is 0.355. The summed E-state index contributed by atoms with van der Waals surface area (Å²) in [6, 6.07) is 16.8. The summed E-state index contributed by atoms with van der Waals surface area (Å²) in [5.41, 5.74) is 2.23. The second-order valence-electron chi connectivity index (χ2n) is 10.4. The third kappa shape index (κ3) is 6.13. The summed E-state index contributed by atoms with van der Waals surface area (Å²) in [5.74, 6) is -0.298.